The van der Waals surface area contributed by atoms with Crippen molar-refractivity contribution in [3.8, 4) is 10.4 Å². The summed E-state index contributed by atoms with van der Waals surface area (Å²) >= 11 is 1.38. The molecule has 25 heavy (non-hydrogen) atoms. The summed E-state index contributed by atoms with van der Waals surface area (Å²) < 4.78 is 0. The van der Waals surface area contributed by atoms with E-state index in [1.807, 2.05) is 42.5 Å². The molecule has 2 aromatic carbocycles. The second kappa shape index (κ2) is 6.18. The molecule has 0 spiro atoms. The summed E-state index contributed by atoms with van der Waals surface area (Å²) in [5.74, 6) is -0.490. The van der Waals surface area contributed by atoms with Gasteiger partial charge in [-0.05, 0) is 17.2 Å². The van der Waals surface area contributed by atoms with Crippen LogP contribution in [0.25, 0.3) is 10.4 Å². The number of hydrogen-bond acceptors (Lipinski definition) is 4. The Morgan fingerprint density at radius 1 is 1.04 bits per heavy atom. The lowest BCUT2D eigenvalue weighted by atomic mass is 9.95. The Morgan fingerprint density at radius 2 is 1.76 bits per heavy atom. The molecule has 0 unspecified atom stereocenters. The molecule has 4 rings (SSSR count). The number of nitrogens with two attached hydrogens (primary N) is 1. The molecule has 1 aromatic heterocycles. The largest absolute Gasteiger partial charge is 0.380 e. The smallest absolute Gasteiger partial charge is 0.259 e. The summed E-state index contributed by atoms with van der Waals surface area (Å²) in [5, 5.41) is 3.37. The van der Waals surface area contributed by atoms with E-state index in [1.54, 1.807) is 12.1 Å². The monoisotopic (exact) mass is 348 g/mol. The van der Waals surface area contributed by atoms with Gasteiger partial charge in [0, 0.05) is 34.7 Å². The molecular weight excluding hydrogens is 332 g/mol. The molecule has 0 bridgehead atoms. The number of fused-ring (bicyclic) bond motifs is 3. The minimum Gasteiger partial charge on any atom is -0.380 e. The number of carbonyl (C=O) groups excluding carboxylic acids is 2. The number of benzene rings is 2. The third kappa shape index (κ3) is 2.72. The van der Waals surface area contributed by atoms with Crippen molar-refractivity contribution in [1.82, 2.24) is 0 Å². The van der Waals surface area contributed by atoms with Gasteiger partial charge in [-0.25, -0.2) is 0 Å². The lowest BCUT2D eigenvalue weighted by Gasteiger charge is -2.19. The van der Waals surface area contributed by atoms with Crippen LogP contribution in [0.5, 0.6) is 0 Å². The predicted molar refractivity (Wildman–Crippen MR) is 100 cm³/mol. The van der Waals surface area contributed by atoms with Gasteiger partial charge in [0.25, 0.3) is 5.91 Å². The van der Waals surface area contributed by atoms with Crippen molar-refractivity contribution >= 4 is 28.7 Å². The van der Waals surface area contributed by atoms with Gasteiger partial charge in [0.15, 0.2) is 5.78 Å². The Morgan fingerprint density at radius 3 is 2.52 bits per heavy atom. The first-order chi connectivity index (χ1) is 12.1. The maximum absolute atomic E-state index is 12.7. The van der Waals surface area contributed by atoms with Gasteiger partial charge < -0.3 is 11.1 Å². The van der Waals surface area contributed by atoms with Gasteiger partial charge in [-0.15, -0.1) is 11.3 Å². The van der Waals surface area contributed by atoms with E-state index in [0.29, 0.717) is 17.0 Å². The number of thiophene rings is 1. The van der Waals surface area contributed by atoms with Crippen LogP contribution >= 0.6 is 11.3 Å². The van der Waals surface area contributed by atoms with Crippen molar-refractivity contribution in [2.24, 2.45) is 5.73 Å². The zero-order valence-corrected chi connectivity index (χ0v) is 14.2. The maximum atomic E-state index is 12.7. The second-order valence-electron chi connectivity index (χ2n) is 5.95. The highest BCUT2D eigenvalue weighted by molar-refractivity contribution is 7.18. The number of nitrogens with one attached hydrogen (secondary N) is 1. The second-order valence-corrected chi connectivity index (χ2v) is 6.97. The van der Waals surface area contributed by atoms with Crippen LogP contribution in [0.15, 0.2) is 54.6 Å². The molecule has 124 valence electrons. The topological polar surface area (TPSA) is 72.2 Å². The lowest BCUT2D eigenvalue weighted by Crippen LogP contribution is -2.16. The van der Waals surface area contributed by atoms with Crippen molar-refractivity contribution in [1.29, 1.82) is 0 Å². The number of Topliss-reactive ketones (excluding diaryl/α,β-unsaturated/α-hetero) is 1. The van der Waals surface area contributed by atoms with Crippen molar-refractivity contribution in [2.75, 3.05) is 5.32 Å². The van der Waals surface area contributed by atoms with E-state index < -0.39 is 5.91 Å². The van der Waals surface area contributed by atoms with E-state index in [4.69, 9.17) is 5.73 Å². The van der Waals surface area contributed by atoms with E-state index in [0.717, 1.165) is 27.3 Å². The van der Waals surface area contributed by atoms with Crippen LogP contribution in [0, 0.1) is 0 Å². The van der Waals surface area contributed by atoms with Crippen LogP contribution in [-0.4, -0.2) is 11.7 Å². The van der Waals surface area contributed by atoms with Crippen LogP contribution < -0.4 is 11.1 Å². The normalized spacial score (nSPS) is 12.0. The first-order valence-electron chi connectivity index (χ1n) is 8.01. The average Bonchev–Trinajstić information content (AvgIpc) is 3.01. The van der Waals surface area contributed by atoms with E-state index in [1.165, 1.54) is 11.3 Å². The highest BCUT2D eigenvalue weighted by Gasteiger charge is 2.27. The van der Waals surface area contributed by atoms with Gasteiger partial charge in [-0.2, -0.15) is 0 Å². The third-order valence-corrected chi connectivity index (χ3v) is 5.72. The number of hydrogen-bond donors (Lipinski definition) is 2. The fourth-order valence-corrected chi connectivity index (χ4v) is 4.43. The van der Waals surface area contributed by atoms with Gasteiger partial charge >= 0.3 is 0 Å². The summed E-state index contributed by atoms with van der Waals surface area (Å²) in [4.78, 5) is 26.1. The highest BCUT2D eigenvalue weighted by atomic mass is 32.1. The molecule has 3 N–H and O–H groups in total. The molecule has 1 amide bonds. The number of carbonyl (C=O) groups is 2. The molecule has 0 fully saturated rings. The minimum absolute atomic E-state index is 0.0115. The molecule has 0 saturated carbocycles. The Hall–Kier alpha value is -2.92. The van der Waals surface area contributed by atoms with Crippen LogP contribution in [0.2, 0.25) is 0 Å². The molecule has 0 aliphatic carbocycles. The molecule has 0 radical (unpaired) electrons. The first kappa shape index (κ1) is 15.6. The molecule has 0 atom stereocenters. The molecule has 1 aliphatic rings. The molecule has 2 heterocycles. The molecule has 3 aromatic rings. The number of amides is 1. The van der Waals surface area contributed by atoms with E-state index in [-0.39, 0.29) is 12.2 Å². The lowest BCUT2D eigenvalue weighted by molar-refractivity contribution is 0.0992. The van der Waals surface area contributed by atoms with E-state index in [2.05, 4.69) is 5.32 Å². The zero-order chi connectivity index (χ0) is 17.4. The van der Waals surface area contributed by atoms with Crippen molar-refractivity contribution < 1.29 is 9.59 Å². The molecular formula is C20H16N2O2S. The summed E-state index contributed by atoms with van der Waals surface area (Å²) in [6.45, 7) is 0.591. The summed E-state index contributed by atoms with van der Waals surface area (Å²) in [6, 6.07) is 17.1. The standard InChI is InChI=1S/C20H16N2O2S/c21-20(24)19-14(10-17(23)12-6-2-1-3-7-12)15-11-22-16-9-5-4-8-13(16)18(15)25-19/h1-9,22H,10-11H2,(H2,21,24). The SMILES string of the molecule is NC(=O)c1sc2c(c1CC(=O)c1ccccc1)CNc1ccccc1-2. The van der Waals surface area contributed by atoms with E-state index in [9.17, 15) is 9.59 Å². The number of para-hydroxylation sites is 1. The van der Waals surface area contributed by atoms with Crippen molar-refractivity contribution in [3.05, 3.63) is 76.2 Å². The van der Waals surface area contributed by atoms with Crippen molar-refractivity contribution in [3.63, 3.8) is 0 Å². The van der Waals surface area contributed by atoms with Crippen molar-refractivity contribution in [2.45, 2.75) is 13.0 Å². The number of rotatable bonds is 4. The summed E-state index contributed by atoms with van der Waals surface area (Å²) in [6.07, 6.45) is 0.179. The van der Waals surface area contributed by atoms with Crippen LogP contribution in [0.3, 0.4) is 0 Å². The van der Waals surface area contributed by atoms with E-state index >= 15 is 0 Å². The quantitative estimate of drug-likeness (QED) is 0.703. The summed E-state index contributed by atoms with van der Waals surface area (Å²) in [7, 11) is 0. The molecule has 1 aliphatic heterocycles. The molecule has 4 nitrogen and oxygen atoms in total. The third-order valence-electron chi connectivity index (χ3n) is 4.40. The Bertz CT molecular complexity index is 977. The van der Waals surface area contributed by atoms with Crippen LogP contribution in [-0.2, 0) is 13.0 Å². The Balaban J connectivity index is 1.80. The molecule has 0 saturated heterocycles. The predicted octanol–water partition coefficient (Wildman–Crippen LogP) is 3.86. The number of ketones is 1. The fraction of sp³-hybridized carbons (Fsp3) is 0.100. The maximum Gasteiger partial charge on any atom is 0.259 e. The van der Waals surface area contributed by atoms with Gasteiger partial charge in [0.2, 0.25) is 0 Å². The number of anilines is 1. The Kier molecular flexibility index (Phi) is 3.86. The van der Waals surface area contributed by atoms with Gasteiger partial charge in [-0.1, -0.05) is 48.5 Å². The number of primary amides is 1. The van der Waals surface area contributed by atoms with Gasteiger partial charge in [-0.3, -0.25) is 9.59 Å². The van der Waals surface area contributed by atoms with Crippen LogP contribution in [0.1, 0.15) is 31.2 Å². The van der Waals surface area contributed by atoms with Gasteiger partial charge in [0.1, 0.15) is 0 Å². The van der Waals surface area contributed by atoms with Gasteiger partial charge in [0.05, 0.1) is 4.88 Å². The zero-order valence-electron chi connectivity index (χ0n) is 13.4. The minimum atomic E-state index is -0.479. The summed E-state index contributed by atoms with van der Waals surface area (Å²) in [5.41, 5.74) is 10.1. The first-order valence-corrected chi connectivity index (χ1v) is 8.82. The highest BCUT2D eigenvalue weighted by Crippen LogP contribution is 2.43. The fourth-order valence-electron chi connectivity index (χ4n) is 3.20. The Labute approximate surface area is 149 Å². The average molecular weight is 348 g/mol. The van der Waals surface area contributed by atoms with Crippen LogP contribution in [0.4, 0.5) is 5.69 Å². The molecule has 5 heteroatoms.